The number of benzene rings is 3. The average Bonchev–Trinajstić information content (AvgIpc) is 2.68. The maximum absolute atomic E-state index is 13.1. The smallest absolute Gasteiger partial charge is 0.315 e. The van der Waals surface area contributed by atoms with Crippen molar-refractivity contribution in [2.75, 3.05) is 5.32 Å². The first kappa shape index (κ1) is 17.2. The number of fused-ring (bicyclic) bond motifs is 2. The Bertz CT molecular complexity index is 1170. The average molecular weight is 376 g/mol. The Morgan fingerprint density at radius 2 is 1.54 bits per heavy atom. The monoisotopic (exact) mass is 376 g/mol. The van der Waals surface area contributed by atoms with Crippen molar-refractivity contribution in [2.24, 2.45) is 0 Å². The van der Waals surface area contributed by atoms with Crippen molar-refractivity contribution in [2.45, 2.75) is 0 Å². The third-order valence-electron chi connectivity index (χ3n) is 4.51. The Balaban J connectivity index is 1.92. The second-order valence-electron chi connectivity index (χ2n) is 6.15. The molecule has 1 aliphatic carbocycles. The number of carbonyl (C=O) groups is 2. The summed E-state index contributed by atoms with van der Waals surface area (Å²) in [7, 11) is 0. The van der Waals surface area contributed by atoms with Gasteiger partial charge in [-0.15, -0.1) is 0 Å². The zero-order valence-corrected chi connectivity index (χ0v) is 14.2. The van der Waals surface area contributed by atoms with Gasteiger partial charge in [0.05, 0.1) is 21.7 Å². The normalized spacial score (nSPS) is 12.3. The lowest BCUT2D eigenvalue weighted by atomic mass is 9.82. The van der Waals surface area contributed by atoms with Crippen LogP contribution in [0.5, 0.6) is 11.5 Å². The molecule has 0 amide bonds. The van der Waals surface area contributed by atoms with Crippen molar-refractivity contribution < 1.29 is 24.7 Å². The van der Waals surface area contributed by atoms with Crippen LogP contribution < -0.4 is 5.32 Å². The van der Waals surface area contributed by atoms with E-state index in [1.807, 2.05) is 6.07 Å². The molecule has 8 heteroatoms. The van der Waals surface area contributed by atoms with Gasteiger partial charge in [-0.25, -0.2) is 0 Å². The van der Waals surface area contributed by atoms with E-state index in [0.717, 1.165) is 6.07 Å². The minimum absolute atomic E-state index is 0.0207. The van der Waals surface area contributed by atoms with Crippen LogP contribution in [0.2, 0.25) is 0 Å². The van der Waals surface area contributed by atoms with E-state index in [1.165, 1.54) is 6.07 Å². The summed E-state index contributed by atoms with van der Waals surface area (Å²) < 4.78 is 0. The molecule has 0 saturated heterocycles. The fourth-order valence-corrected chi connectivity index (χ4v) is 3.23. The lowest BCUT2D eigenvalue weighted by Crippen LogP contribution is -2.22. The Labute approximate surface area is 157 Å². The number of nitrogens with zero attached hydrogens (tertiary/aromatic N) is 1. The molecule has 0 heterocycles. The zero-order chi connectivity index (χ0) is 20.0. The van der Waals surface area contributed by atoms with Crippen molar-refractivity contribution in [1.29, 1.82) is 0 Å². The molecule has 3 N–H and O–H groups in total. The number of hydrogen-bond donors (Lipinski definition) is 3. The maximum Gasteiger partial charge on any atom is 0.315 e. The molecule has 3 aromatic carbocycles. The predicted molar refractivity (Wildman–Crippen MR) is 99.5 cm³/mol. The highest BCUT2D eigenvalue weighted by Crippen LogP contribution is 2.45. The van der Waals surface area contributed by atoms with Crippen molar-refractivity contribution in [1.82, 2.24) is 0 Å². The summed E-state index contributed by atoms with van der Waals surface area (Å²) in [6, 6.07) is 14.4. The molecule has 0 unspecified atom stereocenters. The minimum Gasteiger partial charge on any atom is -0.504 e. The molecule has 8 nitrogen and oxygen atoms in total. The Morgan fingerprint density at radius 1 is 0.821 bits per heavy atom. The fourth-order valence-electron chi connectivity index (χ4n) is 3.23. The number of carbonyl (C=O) groups excluding carboxylic acids is 2. The van der Waals surface area contributed by atoms with Crippen LogP contribution in [0.4, 0.5) is 17.1 Å². The van der Waals surface area contributed by atoms with Crippen molar-refractivity contribution in [3.63, 3.8) is 0 Å². The van der Waals surface area contributed by atoms with Crippen molar-refractivity contribution in [3.8, 4) is 11.5 Å². The summed E-state index contributed by atoms with van der Waals surface area (Å²) in [4.78, 5) is 36.1. The number of nitro groups is 1. The van der Waals surface area contributed by atoms with Gasteiger partial charge in [0.1, 0.15) is 0 Å². The standard InChI is InChI=1S/C20H12N2O6/c23-17-11-7-4-8-13(21-10-5-2-1-3-6-10)15(11)19(25)16-12(17)9-14(22(27)28)18(24)20(16)26/h1-9,21,24,26H. The van der Waals surface area contributed by atoms with E-state index in [4.69, 9.17) is 0 Å². The van der Waals surface area contributed by atoms with Crippen LogP contribution in [-0.2, 0) is 0 Å². The highest BCUT2D eigenvalue weighted by atomic mass is 16.6. The summed E-state index contributed by atoms with van der Waals surface area (Å²) in [5.41, 5.74) is -0.536. The topological polar surface area (TPSA) is 130 Å². The highest BCUT2D eigenvalue weighted by Gasteiger charge is 2.38. The van der Waals surface area contributed by atoms with Gasteiger partial charge in [0, 0.05) is 22.9 Å². The Hall–Kier alpha value is -4.20. The molecule has 0 fully saturated rings. The zero-order valence-electron chi connectivity index (χ0n) is 14.2. The third-order valence-corrected chi connectivity index (χ3v) is 4.51. The molecule has 0 radical (unpaired) electrons. The van der Waals surface area contributed by atoms with E-state index < -0.39 is 39.2 Å². The number of nitro benzene ring substituents is 1. The molecule has 0 aliphatic heterocycles. The van der Waals surface area contributed by atoms with Gasteiger partial charge in [0.25, 0.3) is 0 Å². The second kappa shape index (κ2) is 6.20. The summed E-state index contributed by atoms with van der Waals surface area (Å²) in [5, 5.41) is 34.3. The van der Waals surface area contributed by atoms with Crippen molar-refractivity contribution in [3.05, 3.63) is 87.0 Å². The van der Waals surface area contributed by atoms with Crippen LogP contribution in [0.15, 0.2) is 54.6 Å². The predicted octanol–water partition coefficient (Wildman–Crippen LogP) is 3.53. The van der Waals surface area contributed by atoms with Gasteiger partial charge >= 0.3 is 5.69 Å². The number of para-hydroxylation sites is 1. The number of phenolic OH excluding ortho intramolecular Hbond substituents is 2. The first-order valence-corrected chi connectivity index (χ1v) is 8.18. The SMILES string of the molecule is O=C1c2cccc(Nc3ccccc3)c2C(=O)c2c1cc([N+](=O)[O-])c(O)c2O. The summed E-state index contributed by atoms with van der Waals surface area (Å²) >= 11 is 0. The molecule has 0 saturated carbocycles. The molecule has 0 spiro atoms. The quantitative estimate of drug-likeness (QED) is 0.283. The first-order valence-electron chi connectivity index (χ1n) is 8.18. The molecule has 4 rings (SSSR count). The molecular formula is C20H12N2O6. The fraction of sp³-hybridized carbons (Fsp3) is 0. The summed E-state index contributed by atoms with van der Waals surface area (Å²) in [6.45, 7) is 0. The largest absolute Gasteiger partial charge is 0.504 e. The lowest BCUT2D eigenvalue weighted by molar-refractivity contribution is -0.386. The van der Waals surface area contributed by atoms with Gasteiger partial charge in [-0.2, -0.15) is 0 Å². The van der Waals surface area contributed by atoms with Gasteiger partial charge in [0.2, 0.25) is 5.75 Å². The van der Waals surface area contributed by atoms with Gasteiger partial charge in [0.15, 0.2) is 17.3 Å². The number of aromatic hydroxyl groups is 2. The second-order valence-corrected chi connectivity index (χ2v) is 6.15. The Kier molecular flexibility index (Phi) is 3.82. The minimum atomic E-state index is -1.05. The summed E-state index contributed by atoms with van der Waals surface area (Å²) in [5.74, 6) is -3.41. The van der Waals surface area contributed by atoms with Gasteiger partial charge in [-0.3, -0.25) is 19.7 Å². The molecule has 1 aliphatic rings. The van der Waals surface area contributed by atoms with Crippen LogP contribution in [0, 0.1) is 10.1 Å². The lowest BCUT2D eigenvalue weighted by Gasteiger charge is -2.21. The third kappa shape index (κ3) is 2.47. The van der Waals surface area contributed by atoms with Gasteiger partial charge in [-0.05, 0) is 18.2 Å². The number of rotatable bonds is 3. The van der Waals surface area contributed by atoms with Crippen LogP contribution in [0.1, 0.15) is 31.8 Å². The highest BCUT2D eigenvalue weighted by molar-refractivity contribution is 6.31. The Morgan fingerprint density at radius 3 is 2.21 bits per heavy atom. The first-order chi connectivity index (χ1) is 13.4. The molecule has 0 atom stereocenters. The van der Waals surface area contributed by atoms with E-state index >= 15 is 0 Å². The van der Waals surface area contributed by atoms with Gasteiger partial charge in [-0.1, -0.05) is 30.3 Å². The van der Waals surface area contributed by atoms with Crippen LogP contribution >= 0.6 is 0 Å². The maximum atomic E-state index is 13.1. The van der Waals surface area contributed by atoms with E-state index in [-0.39, 0.29) is 16.7 Å². The number of hydrogen-bond acceptors (Lipinski definition) is 7. The van der Waals surface area contributed by atoms with E-state index in [2.05, 4.69) is 5.32 Å². The van der Waals surface area contributed by atoms with Crippen LogP contribution in [0.25, 0.3) is 0 Å². The number of phenols is 2. The number of nitrogens with one attached hydrogen (secondary N) is 1. The molecule has 138 valence electrons. The molecular weight excluding hydrogens is 364 g/mol. The molecule has 28 heavy (non-hydrogen) atoms. The van der Waals surface area contributed by atoms with Crippen LogP contribution in [-0.4, -0.2) is 26.7 Å². The summed E-state index contributed by atoms with van der Waals surface area (Å²) in [6.07, 6.45) is 0. The molecule has 0 aromatic heterocycles. The van der Waals surface area contributed by atoms with E-state index in [9.17, 15) is 29.9 Å². The molecule has 0 bridgehead atoms. The number of ketones is 2. The van der Waals surface area contributed by atoms with Crippen molar-refractivity contribution >= 4 is 28.6 Å². The van der Waals surface area contributed by atoms with Crippen LogP contribution in [0.3, 0.4) is 0 Å². The van der Waals surface area contributed by atoms with E-state index in [0.29, 0.717) is 11.4 Å². The number of anilines is 2. The molecule has 3 aromatic rings. The van der Waals surface area contributed by atoms with E-state index in [1.54, 1.807) is 36.4 Å². The van der Waals surface area contributed by atoms with Gasteiger partial charge < -0.3 is 15.5 Å².